The topological polar surface area (TPSA) is 23.6 Å². The molecule has 3 heteroatoms. The number of nitrogens with zero attached hydrogens (tertiary/aromatic N) is 2. The van der Waals surface area contributed by atoms with Crippen LogP contribution in [0.4, 0.5) is 0 Å². The fraction of sp³-hybridized carbons (Fsp3) is 0.917. The van der Waals surface area contributed by atoms with Crippen LogP contribution in [0.3, 0.4) is 0 Å². The Morgan fingerprint density at radius 2 is 1.93 bits per heavy atom. The third kappa shape index (κ3) is 3.82. The summed E-state index contributed by atoms with van der Waals surface area (Å²) in [6.07, 6.45) is 0.656. The van der Waals surface area contributed by atoms with Crippen molar-refractivity contribution in [3.63, 3.8) is 0 Å². The highest BCUT2D eigenvalue weighted by Crippen LogP contribution is 2.20. The van der Waals surface area contributed by atoms with Gasteiger partial charge in [0.05, 0.1) is 0 Å². The predicted molar refractivity (Wildman–Crippen MR) is 62.7 cm³/mol. The second-order valence-corrected chi connectivity index (χ2v) is 5.91. The molecular formula is C12H24N2O. The van der Waals surface area contributed by atoms with E-state index in [2.05, 4.69) is 39.6 Å². The third-order valence-electron chi connectivity index (χ3n) is 2.99. The van der Waals surface area contributed by atoms with Gasteiger partial charge in [0.15, 0.2) is 0 Å². The van der Waals surface area contributed by atoms with E-state index in [0.29, 0.717) is 18.4 Å². The van der Waals surface area contributed by atoms with Crippen LogP contribution in [0.1, 0.15) is 34.1 Å². The largest absolute Gasteiger partial charge is 0.340 e. The molecule has 0 N–H and O–H groups in total. The molecule has 0 aromatic heterocycles. The van der Waals surface area contributed by atoms with Crippen molar-refractivity contribution in [1.29, 1.82) is 0 Å². The molecule has 1 saturated heterocycles. The molecule has 0 radical (unpaired) electrons. The number of piperazine rings is 1. The molecule has 3 nitrogen and oxygen atoms in total. The average Bonchev–Trinajstić information content (AvgIpc) is 2.06. The zero-order chi connectivity index (χ0) is 11.6. The van der Waals surface area contributed by atoms with Crippen molar-refractivity contribution in [2.24, 2.45) is 5.41 Å². The zero-order valence-corrected chi connectivity index (χ0v) is 10.7. The molecule has 1 heterocycles. The number of carbonyl (C=O) groups is 1. The Bertz CT molecular complexity index is 232. The van der Waals surface area contributed by atoms with Crippen LogP contribution >= 0.6 is 0 Å². The van der Waals surface area contributed by atoms with E-state index < -0.39 is 0 Å². The smallest absolute Gasteiger partial charge is 0.223 e. The summed E-state index contributed by atoms with van der Waals surface area (Å²) in [5.74, 6) is 0.308. The summed E-state index contributed by atoms with van der Waals surface area (Å²) in [5.41, 5.74) is 0.101. The van der Waals surface area contributed by atoms with Crippen LogP contribution in [0.25, 0.3) is 0 Å². The van der Waals surface area contributed by atoms with Gasteiger partial charge in [-0.1, -0.05) is 20.8 Å². The number of likely N-dealkylation sites (N-methyl/N-ethyl adjacent to an activating group) is 1. The molecular weight excluding hydrogens is 188 g/mol. The molecule has 1 amide bonds. The monoisotopic (exact) mass is 212 g/mol. The first-order chi connectivity index (χ1) is 6.79. The molecule has 0 bridgehead atoms. The average molecular weight is 212 g/mol. The van der Waals surface area contributed by atoms with Crippen LogP contribution in [0.15, 0.2) is 0 Å². The van der Waals surface area contributed by atoms with Crippen LogP contribution in [0.5, 0.6) is 0 Å². The molecule has 1 unspecified atom stereocenters. The van der Waals surface area contributed by atoms with E-state index in [0.717, 1.165) is 19.6 Å². The fourth-order valence-electron chi connectivity index (χ4n) is 1.84. The summed E-state index contributed by atoms with van der Waals surface area (Å²) in [6.45, 7) is 11.3. The van der Waals surface area contributed by atoms with Crippen LogP contribution in [0, 0.1) is 5.41 Å². The molecule has 88 valence electrons. The molecule has 15 heavy (non-hydrogen) atoms. The van der Waals surface area contributed by atoms with Crippen molar-refractivity contribution in [3.05, 3.63) is 0 Å². The van der Waals surface area contributed by atoms with E-state index >= 15 is 0 Å². The maximum absolute atomic E-state index is 12.0. The van der Waals surface area contributed by atoms with Crippen molar-refractivity contribution in [3.8, 4) is 0 Å². The Labute approximate surface area is 93.4 Å². The highest BCUT2D eigenvalue weighted by molar-refractivity contribution is 5.77. The second-order valence-electron chi connectivity index (χ2n) is 5.91. The van der Waals surface area contributed by atoms with Gasteiger partial charge in [-0.05, 0) is 19.4 Å². The molecule has 0 aliphatic carbocycles. The summed E-state index contributed by atoms with van der Waals surface area (Å²) < 4.78 is 0. The predicted octanol–water partition coefficient (Wildman–Crippen LogP) is 1.59. The summed E-state index contributed by atoms with van der Waals surface area (Å²) in [5, 5.41) is 0. The maximum atomic E-state index is 12.0. The Morgan fingerprint density at radius 3 is 2.40 bits per heavy atom. The first-order valence-electron chi connectivity index (χ1n) is 5.77. The third-order valence-corrected chi connectivity index (χ3v) is 2.99. The summed E-state index contributed by atoms with van der Waals surface area (Å²) in [7, 11) is 2.12. The minimum atomic E-state index is 0.101. The van der Waals surface area contributed by atoms with Gasteiger partial charge in [0.2, 0.25) is 5.91 Å². The number of rotatable bonds is 1. The number of hydrogen-bond acceptors (Lipinski definition) is 2. The Balaban J connectivity index is 2.48. The van der Waals surface area contributed by atoms with Crippen LogP contribution in [-0.4, -0.2) is 48.4 Å². The highest BCUT2D eigenvalue weighted by Gasteiger charge is 2.26. The molecule has 0 aromatic rings. The maximum Gasteiger partial charge on any atom is 0.223 e. The molecule has 0 spiro atoms. The van der Waals surface area contributed by atoms with Crippen molar-refractivity contribution in [2.75, 3.05) is 26.7 Å². The van der Waals surface area contributed by atoms with Gasteiger partial charge >= 0.3 is 0 Å². The van der Waals surface area contributed by atoms with Gasteiger partial charge in [0.1, 0.15) is 0 Å². The molecule has 1 atom stereocenters. The first kappa shape index (κ1) is 12.5. The van der Waals surface area contributed by atoms with Gasteiger partial charge in [-0.2, -0.15) is 0 Å². The van der Waals surface area contributed by atoms with Gasteiger partial charge in [-0.25, -0.2) is 0 Å². The van der Waals surface area contributed by atoms with E-state index in [1.54, 1.807) is 0 Å². The Hall–Kier alpha value is -0.570. The number of amides is 1. The van der Waals surface area contributed by atoms with Crippen molar-refractivity contribution in [1.82, 2.24) is 9.80 Å². The van der Waals surface area contributed by atoms with Crippen molar-refractivity contribution < 1.29 is 4.79 Å². The Kier molecular flexibility index (Phi) is 3.77. The van der Waals surface area contributed by atoms with E-state index in [4.69, 9.17) is 0 Å². The summed E-state index contributed by atoms with van der Waals surface area (Å²) >= 11 is 0. The van der Waals surface area contributed by atoms with Gasteiger partial charge in [0, 0.05) is 32.1 Å². The van der Waals surface area contributed by atoms with Crippen LogP contribution < -0.4 is 0 Å². The van der Waals surface area contributed by atoms with Crippen molar-refractivity contribution >= 4 is 5.91 Å². The number of hydrogen-bond donors (Lipinski definition) is 0. The van der Waals surface area contributed by atoms with Crippen LogP contribution in [-0.2, 0) is 4.79 Å². The normalized spacial score (nSPS) is 24.3. The van der Waals surface area contributed by atoms with Gasteiger partial charge in [-0.3, -0.25) is 4.79 Å². The second kappa shape index (κ2) is 4.52. The molecule has 1 rings (SSSR count). The molecule has 0 saturated carbocycles. The zero-order valence-electron chi connectivity index (χ0n) is 10.7. The lowest BCUT2D eigenvalue weighted by Crippen LogP contribution is -2.52. The van der Waals surface area contributed by atoms with Gasteiger partial charge < -0.3 is 9.80 Å². The Morgan fingerprint density at radius 1 is 1.33 bits per heavy atom. The minimum Gasteiger partial charge on any atom is -0.340 e. The first-order valence-corrected chi connectivity index (χ1v) is 5.77. The molecule has 1 aliphatic rings. The number of carbonyl (C=O) groups excluding carboxylic acids is 1. The van der Waals surface area contributed by atoms with E-state index in [1.807, 2.05) is 4.90 Å². The van der Waals surface area contributed by atoms with E-state index in [1.165, 1.54) is 0 Å². The minimum absolute atomic E-state index is 0.101. The fourth-order valence-corrected chi connectivity index (χ4v) is 1.84. The lowest BCUT2D eigenvalue weighted by atomic mass is 9.91. The van der Waals surface area contributed by atoms with E-state index in [9.17, 15) is 4.79 Å². The van der Waals surface area contributed by atoms with E-state index in [-0.39, 0.29) is 5.41 Å². The SMILES string of the molecule is CC1CN(C(=O)CC(C)(C)C)CCN1C. The van der Waals surface area contributed by atoms with Gasteiger partial charge in [-0.15, -0.1) is 0 Å². The summed E-state index contributed by atoms with van der Waals surface area (Å²) in [4.78, 5) is 16.3. The molecule has 0 aromatic carbocycles. The molecule has 1 aliphatic heterocycles. The lowest BCUT2D eigenvalue weighted by Gasteiger charge is -2.38. The quantitative estimate of drug-likeness (QED) is 0.659. The van der Waals surface area contributed by atoms with Crippen molar-refractivity contribution in [2.45, 2.75) is 40.2 Å². The van der Waals surface area contributed by atoms with Crippen LogP contribution in [0.2, 0.25) is 0 Å². The molecule has 1 fully saturated rings. The lowest BCUT2D eigenvalue weighted by molar-refractivity contribution is -0.135. The highest BCUT2D eigenvalue weighted by atomic mass is 16.2. The van der Waals surface area contributed by atoms with Gasteiger partial charge in [0.25, 0.3) is 0 Å². The standard InChI is InChI=1S/C12H24N2O/c1-10-9-14(7-6-13(10)5)11(15)8-12(2,3)4/h10H,6-9H2,1-5H3. The summed E-state index contributed by atoms with van der Waals surface area (Å²) in [6, 6.07) is 0.489.